The van der Waals surface area contributed by atoms with E-state index in [0.29, 0.717) is 11.1 Å². The van der Waals surface area contributed by atoms with Crippen LogP contribution in [0, 0.1) is 11.3 Å². The van der Waals surface area contributed by atoms with Gasteiger partial charge in [-0.05, 0) is 17.2 Å². The van der Waals surface area contributed by atoms with Gasteiger partial charge in [-0.2, -0.15) is 5.26 Å². The molecule has 1 atom stereocenters. The summed E-state index contributed by atoms with van der Waals surface area (Å²) in [6.45, 7) is -0.305. The first-order valence-electron chi connectivity index (χ1n) is 8.51. The van der Waals surface area contributed by atoms with Gasteiger partial charge >= 0.3 is 6.09 Å². The summed E-state index contributed by atoms with van der Waals surface area (Å²) in [5.74, 6) is -1.34. The average Bonchev–Trinajstić information content (AvgIpc) is 2.71. The van der Waals surface area contributed by atoms with Gasteiger partial charge in [-0.3, -0.25) is 9.59 Å². The number of carbonyl (C=O) groups excluding carboxylic acids is 3. The number of nitrogens with one attached hydrogen (secondary N) is 2. The van der Waals surface area contributed by atoms with Gasteiger partial charge in [0.2, 0.25) is 11.8 Å². The third-order valence-corrected chi connectivity index (χ3v) is 3.85. The molecule has 3 amide bonds. The zero-order chi connectivity index (χ0) is 20.4. The lowest BCUT2D eigenvalue weighted by Gasteiger charge is -2.16. The standard InChI is InChI=1S/C20H20N4O4/c21-11-16-9-5-4-8-15(16)10-17(19(22)26)24-18(25)12-23-20(27)28-13-14-6-2-1-3-7-14/h1-9,17H,10,12-13H2,(H2,22,26)(H,23,27)(H,24,25)/t17-/m0/s1. The van der Waals surface area contributed by atoms with E-state index < -0.39 is 23.9 Å². The third-order valence-electron chi connectivity index (χ3n) is 3.85. The quantitative estimate of drug-likeness (QED) is 0.628. The van der Waals surface area contributed by atoms with Crippen LogP contribution in [0.25, 0.3) is 0 Å². The molecule has 0 aliphatic heterocycles. The van der Waals surface area contributed by atoms with Crippen molar-refractivity contribution in [1.82, 2.24) is 10.6 Å². The molecule has 0 radical (unpaired) electrons. The second-order valence-electron chi connectivity index (χ2n) is 5.91. The molecular formula is C20H20N4O4. The number of ether oxygens (including phenoxy) is 1. The van der Waals surface area contributed by atoms with Gasteiger partial charge in [0.05, 0.1) is 11.6 Å². The third kappa shape index (κ3) is 6.46. The zero-order valence-corrected chi connectivity index (χ0v) is 15.1. The van der Waals surface area contributed by atoms with Gasteiger partial charge in [0.1, 0.15) is 19.2 Å². The first-order valence-corrected chi connectivity index (χ1v) is 8.51. The zero-order valence-electron chi connectivity index (χ0n) is 15.1. The molecule has 8 heteroatoms. The van der Waals surface area contributed by atoms with Gasteiger partial charge < -0.3 is 21.1 Å². The lowest BCUT2D eigenvalue weighted by atomic mass is 10.0. The predicted molar refractivity (Wildman–Crippen MR) is 101 cm³/mol. The number of hydrogen-bond acceptors (Lipinski definition) is 5. The van der Waals surface area contributed by atoms with E-state index in [9.17, 15) is 14.4 Å². The maximum atomic E-state index is 12.0. The van der Waals surface area contributed by atoms with Gasteiger partial charge in [-0.1, -0.05) is 48.5 Å². The van der Waals surface area contributed by atoms with Gasteiger partial charge in [0, 0.05) is 6.42 Å². The Morgan fingerprint density at radius 3 is 2.43 bits per heavy atom. The predicted octanol–water partition coefficient (Wildman–Crippen LogP) is 0.997. The Kier molecular flexibility index (Phi) is 7.54. The van der Waals surface area contributed by atoms with Crippen LogP contribution in [0.5, 0.6) is 0 Å². The summed E-state index contributed by atoms with van der Waals surface area (Å²) in [6, 6.07) is 16.8. The summed E-state index contributed by atoms with van der Waals surface area (Å²) >= 11 is 0. The van der Waals surface area contributed by atoms with Crippen LogP contribution in [-0.2, 0) is 27.4 Å². The Morgan fingerprint density at radius 2 is 1.75 bits per heavy atom. The summed E-state index contributed by atoms with van der Waals surface area (Å²) in [6.07, 6.45) is -0.687. The minimum Gasteiger partial charge on any atom is -0.445 e. The van der Waals surface area contributed by atoms with Crippen molar-refractivity contribution in [2.24, 2.45) is 5.73 Å². The fraction of sp³-hybridized carbons (Fsp3) is 0.200. The van der Waals surface area contributed by atoms with E-state index in [4.69, 9.17) is 15.7 Å². The van der Waals surface area contributed by atoms with E-state index in [1.807, 2.05) is 24.3 Å². The minimum atomic E-state index is -1.01. The molecule has 2 rings (SSSR count). The summed E-state index contributed by atoms with van der Waals surface area (Å²) in [5.41, 5.74) is 7.14. The summed E-state index contributed by atoms with van der Waals surface area (Å²) in [5, 5.41) is 13.9. The van der Waals surface area contributed by atoms with Gasteiger partial charge in [0.25, 0.3) is 0 Å². The van der Waals surface area contributed by atoms with Crippen molar-refractivity contribution in [2.45, 2.75) is 19.1 Å². The van der Waals surface area contributed by atoms with Crippen molar-refractivity contribution in [3.8, 4) is 6.07 Å². The van der Waals surface area contributed by atoms with Crippen LogP contribution >= 0.6 is 0 Å². The number of nitrogens with zero attached hydrogens (tertiary/aromatic N) is 1. The molecular weight excluding hydrogens is 360 g/mol. The Hall–Kier alpha value is -3.86. The fourth-order valence-corrected chi connectivity index (χ4v) is 2.42. The number of hydrogen-bond donors (Lipinski definition) is 3. The maximum absolute atomic E-state index is 12.0. The maximum Gasteiger partial charge on any atom is 0.407 e. The minimum absolute atomic E-state index is 0.0726. The SMILES string of the molecule is N#Cc1ccccc1C[C@H](NC(=O)CNC(=O)OCc1ccccc1)C(N)=O. The first kappa shape index (κ1) is 20.5. The van der Waals surface area contributed by atoms with E-state index in [-0.39, 0.29) is 19.6 Å². The van der Waals surface area contributed by atoms with Crippen molar-refractivity contribution >= 4 is 17.9 Å². The summed E-state index contributed by atoms with van der Waals surface area (Å²) in [4.78, 5) is 35.4. The number of rotatable bonds is 8. The fourth-order valence-electron chi connectivity index (χ4n) is 2.42. The molecule has 4 N–H and O–H groups in total. The molecule has 8 nitrogen and oxygen atoms in total. The molecule has 0 aliphatic rings. The largest absolute Gasteiger partial charge is 0.445 e. The highest BCUT2D eigenvalue weighted by Gasteiger charge is 2.20. The normalized spacial score (nSPS) is 11.0. The second-order valence-corrected chi connectivity index (χ2v) is 5.91. The van der Waals surface area contributed by atoms with Crippen molar-refractivity contribution in [1.29, 1.82) is 5.26 Å². The molecule has 0 spiro atoms. The number of nitrogens with two attached hydrogens (primary N) is 1. The average molecular weight is 380 g/mol. The van der Waals surface area contributed by atoms with Gasteiger partial charge in [0.15, 0.2) is 0 Å². The Morgan fingerprint density at radius 1 is 1.07 bits per heavy atom. The van der Waals surface area contributed by atoms with Crippen molar-refractivity contribution in [3.05, 3.63) is 71.3 Å². The van der Waals surface area contributed by atoms with Crippen LogP contribution in [0.1, 0.15) is 16.7 Å². The molecule has 0 saturated carbocycles. The number of carbonyl (C=O) groups is 3. The number of nitriles is 1. The highest BCUT2D eigenvalue weighted by Crippen LogP contribution is 2.10. The van der Waals surface area contributed by atoms with E-state index in [2.05, 4.69) is 10.6 Å². The van der Waals surface area contributed by atoms with Crippen LogP contribution in [0.2, 0.25) is 0 Å². The van der Waals surface area contributed by atoms with Crippen molar-refractivity contribution < 1.29 is 19.1 Å². The Bertz CT molecular complexity index is 877. The Labute approximate surface area is 162 Å². The first-order chi connectivity index (χ1) is 13.5. The van der Waals surface area contributed by atoms with Crippen LogP contribution in [-0.4, -0.2) is 30.5 Å². The second kappa shape index (κ2) is 10.3. The van der Waals surface area contributed by atoms with E-state index >= 15 is 0 Å². The summed E-state index contributed by atoms with van der Waals surface area (Å²) < 4.78 is 5.00. The molecule has 0 heterocycles. The molecule has 2 aromatic carbocycles. The van der Waals surface area contributed by atoms with E-state index in [1.165, 1.54) is 0 Å². The monoisotopic (exact) mass is 380 g/mol. The molecule has 28 heavy (non-hydrogen) atoms. The summed E-state index contributed by atoms with van der Waals surface area (Å²) in [7, 11) is 0. The highest BCUT2D eigenvalue weighted by molar-refractivity contribution is 5.88. The van der Waals surface area contributed by atoms with Crippen LogP contribution < -0.4 is 16.4 Å². The van der Waals surface area contributed by atoms with Crippen LogP contribution in [0.4, 0.5) is 4.79 Å². The smallest absolute Gasteiger partial charge is 0.407 e. The number of primary amides is 1. The van der Waals surface area contributed by atoms with Crippen molar-refractivity contribution in [3.63, 3.8) is 0 Å². The van der Waals surface area contributed by atoms with Gasteiger partial charge in [-0.15, -0.1) is 0 Å². The molecule has 0 bridgehead atoms. The molecule has 0 fully saturated rings. The lowest BCUT2D eigenvalue weighted by molar-refractivity contribution is -0.126. The Balaban J connectivity index is 1.82. The molecule has 0 aromatic heterocycles. The van der Waals surface area contributed by atoms with Crippen LogP contribution in [0.3, 0.4) is 0 Å². The highest BCUT2D eigenvalue weighted by atomic mass is 16.5. The number of alkyl carbamates (subject to hydrolysis) is 1. The molecule has 0 unspecified atom stereocenters. The molecule has 0 aliphatic carbocycles. The lowest BCUT2D eigenvalue weighted by Crippen LogP contribution is -2.49. The number of amides is 3. The molecule has 2 aromatic rings. The molecule has 144 valence electrons. The number of benzene rings is 2. The topological polar surface area (TPSA) is 134 Å². The van der Waals surface area contributed by atoms with E-state index in [1.54, 1.807) is 36.4 Å². The van der Waals surface area contributed by atoms with Gasteiger partial charge in [-0.25, -0.2) is 4.79 Å². The van der Waals surface area contributed by atoms with Crippen LogP contribution in [0.15, 0.2) is 54.6 Å². The molecule has 0 saturated heterocycles. The van der Waals surface area contributed by atoms with Crippen molar-refractivity contribution in [2.75, 3.05) is 6.54 Å². The van der Waals surface area contributed by atoms with E-state index in [0.717, 1.165) is 5.56 Å².